The van der Waals surface area contributed by atoms with Crippen molar-refractivity contribution in [1.29, 1.82) is 0 Å². The zero-order valence-corrected chi connectivity index (χ0v) is 21.7. The van der Waals surface area contributed by atoms with Crippen LogP contribution >= 0.6 is 0 Å². The number of imide groups is 1. The van der Waals surface area contributed by atoms with Crippen LogP contribution in [0.2, 0.25) is 0 Å². The van der Waals surface area contributed by atoms with Crippen LogP contribution in [0.4, 0.5) is 0 Å². The standard InChI is InChI=1S/C30H40N2O5/c1-21(33)32(29(36)18-22-5-3-2-4-6-22)26-12-15-30(37,14-11-23-9-10-27(34)28(35)17-23)25(19-26)13-16-31-20-24-7-8-24/h2-6,9-10,17,24-26,31,34-35,37H,7-8,11-16,18-20H2,1H3. The number of rotatable bonds is 11. The Hall–Kier alpha value is -2.90. The summed E-state index contributed by atoms with van der Waals surface area (Å²) in [7, 11) is 0. The van der Waals surface area contributed by atoms with Gasteiger partial charge in [0, 0.05) is 13.0 Å². The maximum atomic E-state index is 13.2. The molecule has 7 heteroatoms. The molecular formula is C30H40N2O5. The Morgan fingerprint density at radius 2 is 1.78 bits per heavy atom. The molecule has 3 atom stereocenters. The van der Waals surface area contributed by atoms with Crippen molar-refractivity contribution in [2.24, 2.45) is 11.8 Å². The predicted octanol–water partition coefficient (Wildman–Crippen LogP) is 3.94. The van der Waals surface area contributed by atoms with Crippen LogP contribution < -0.4 is 5.32 Å². The molecule has 0 radical (unpaired) electrons. The Balaban J connectivity index is 1.45. The van der Waals surface area contributed by atoms with Gasteiger partial charge in [-0.2, -0.15) is 0 Å². The van der Waals surface area contributed by atoms with Gasteiger partial charge in [-0.05, 0) is 99.6 Å². The van der Waals surface area contributed by atoms with Gasteiger partial charge in [0.2, 0.25) is 11.8 Å². The minimum absolute atomic E-state index is 0.0740. The molecule has 0 saturated heterocycles. The molecule has 2 aliphatic rings. The molecule has 2 fully saturated rings. The van der Waals surface area contributed by atoms with Gasteiger partial charge < -0.3 is 20.6 Å². The van der Waals surface area contributed by atoms with Crippen molar-refractivity contribution in [3.63, 3.8) is 0 Å². The number of nitrogens with one attached hydrogen (secondary N) is 1. The molecule has 7 nitrogen and oxygen atoms in total. The summed E-state index contributed by atoms with van der Waals surface area (Å²) < 4.78 is 0. The van der Waals surface area contributed by atoms with Crippen LogP contribution in [0.25, 0.3) is 0 Å². The maximum Gasteiger partial charge on any atom is 0.233 e. The van der Waals surface area contributed by atoms with Crippen LogP contribution in [0.5, 0.6) is 11.5 Å². The highest BCUT2D eigenvalue weighted by Crippen LogP contribution is 2.41. The van der Waals surface area contributed by atoms with E-state index in [1.807, 2.05) is 30.3 Å². The molecule has 0 heterocycles. The van der Waals surface area contributed by atoms with Crippen molar-refractivity contribution in [2.45, 2.75) is 76.4 Å². The molecule has 2 amide bonds. The lowest BCUT2D eigenvalue weighted by Gasteiger charge is -2.46. The number of aromatic hydroxyl groups is 2. The molecule has 3 unspecified atom stereocenters. The summed E-state index contributed by atoms with van der Waals surface area (Å²) in [5.74, 6) is -0.0741. The van der Waals surface area contributed by atoms with Crippen molar-refractivity contribution in [3.8, 4) is 11.5 Å². The second-order valence-electron chi connectivity index (χ2n) is 10.9. The minimum Gasteiger partial charge on any atom is -0.504 e. The Labute approximate surface area is 219 Å². The summed E-state index contributed by atoms with van der Waals surface area (Å²) in [6.07, 6.45) is 6.19. The SMILES string of the molecule is CC(=O)N(C(=O)Cc1ccccc1)C1CCC(O)(CCc2ccc(O)c(O)c2)C(CCNCC2CC2)C1. The van der Waals surface area contributed by atoms with E-state index in [2.05, 4.69) is 5.32 Å². The number of hydrogen-bond acceptors (Lipinski definition) is 6. The second kappa shape index (κ2) is 12.1. The lowest BCUT2D eigenvalue weighted by molar-refractivity contribution is -0.150. The second-order valence-corrected chi connectivity index (χ2v) is 10.9. The van der Waals surface area contributed by atoms with Crippen LogP contribution in [-0.2, 0) is 22.4 Å². The zero-order chi connectivity index (χ0) is 26.4. The lowest BCUT2D eigenvalue weighted by Crippen LogP contribution is -2.53. The van der Waals surface area contributed by atoms with Gasteiger partial charge in [-0.25, -0.2) is 0 Å². The third-order valence-electron chi connectivity index (χ3n) is 8.08. The number of carbonyl (C=O) groups is 2. The molecule has 2 aromatic rings. The van der Waals surface area contributed by atoms with E-state index in [0.29, 0.717) is 32.1 Å². The van der Waals surface area contributed by atoms with Gasteiger partial charge in [-0.3, -0.25) is 14.5 Å². The smallest absolute Gasteiger partial charge is 0.233 e. The van der Waals surface area contributed by atoms with Crippen LogP contribution in [0.15, 0.2) is 48.5 Å². The highest BCUT2D eigenvalue weighted by molar-refractivity contribution is 5.95. The monoisotopic (exact) mass is 508 g/mol. The number of amides is 2. The van der Waals surface area contributed by atoms with Gasteiger partial charge in [0.05, 0.1) is 12.0 Å². The first-order valence-corrected chi connectivity index (χ1v) is 13.6. The lowest BCUT2D eigenvalue weighted by atomic mass is 9.69. The number of carbonyl (C=O) groups excluding carboxylic acids is 2. The Morgan fingerprint density at radius 1 is 1.03 bits per heavy atom. The number of aryl methyl sites for hydroxylation is 1. The average Bonchev–Trinajstić information content (AvgIpc) is 3.69. The Morgan fingerprint density at radius 3 is 2.46 bits per heavy atom. The van der Waals surface area contributed by atoms with Crippen molar-refractivity contribution in [3.05, 3.63) is 59.7 Å². The quantitative estimate of drug-likeness (QED) is 0.270. The topological polar surface area (TPSA) is 110 Å². The maximum absolute atomic E-state index is 13.2. The van der Waals surface area contributed by atoms with Gasteiger partial charge in [-0.15, -0.1) is 0 Å². The minimum atomic E-state index is -0.934. The molecule has 0 bridgehead atoms. The Bertz CT molecular complexity index is 1070. The van der Waals surface area contributed by atoms with Crippen LogP contribution in [0.1, 0.15) is 63.0 Å². The van der Waals surface area contributed by atoms with E-state index in [0.717, 1.165) is 36.6 Å². The molecule has 4 rings (SSSR count). The molecule has 0 spiro atoms. The molecule has 4 N–H and O–H groups in total. The molecule has 2 aliphatic carbocycles. The fourth-order valence-electron chi connectivity index (χ4n) is 5.72. The van der Waals surface area contributed by atoms with Gasteiger partial charge >= 0.3 is 0 Å². The summed E-state index contributed by atoms with van der Waals surface area (Å²) in [5.41, 5.74) is 0.792. The van der Waals surface area contributed by atoms with Crippen LogP contribution in [-0.4, -0.2) is 56.8 Å². The summed E-state index contributed by atoms with van der Waals surface area (Å²) >= 11 is 0. The van der Waals surface area contributed by atoms with E-state index in [-0.39, 0.29) is 41.7 Å². The van der Waals surface area contributed by atoms with Crippen molar-refractivity contribution in [2.75, 3.05) is 13.1 Å². The van der Waals surface area contributed by atoms with Crippen molar-refractivity contribution < 1.29 is 24.9 Å². The number of hydrogen-bond donors (Lipinski definition) is 4. The number of nitrogens with zero attached hydrogens (tertiary/aromatic N) is 1. The van der Waals surface area contributed by atoms with Crippen LogP contribution in [0, 0.1) is 11.8 Å². The molecule has 2 saturated carbocycles. The van der Waals surface area contributed by atoms with E-state index in [1.54, 1.807) is 6.07 Å². The number of aliphatic hydroxyl groups is 1. The summed E-state index contributed by atoms with van der Waals surface area (Å²) in [6, 6.07) is 14.0. The first-order valence-electron chi connectivity index (χ1n) is 13.6. The van der Waals surface area contributed by atoms with Crippen molar-refractivity contribution in [1.82, 2.24) is 10.2 Å². The first kappa shape index (κ1) is 27.1. The normalized spacial score (nSPS) is 23.5. The fourth-order valence-corrected chi connectivity index (χ4v) is 5.72. The van der Waals surface area contributed by atoms with E-state index >= 15 is 0 Å². The third-order valence-corrected chi connectivity index (χ3v) is 8.08. The van der Waals surface area contributed by atoms with E-state index in [4.69, 9.17) is 0 Å². The number of phenols is 2. The number of benzene rings is 2. The number of phenolic OH excluding ortho intramolecular Hbond substituents is 2. The van der Waals surface area contributed by atoms with Crippen LogP contribution in [0.3, 0.4) is 0 Å². The highest BCUT2D eigenvalue weighted by atomic mass is 16.3. The van der Waals surface area contributed by atoms with Gasteiger partial charge in [0.25, 0.3) is 0 Å². The summed E-state index contributed by atoms with van der Waals surface area (Å²) in [4.78, 5) is 27.3. The summed E-state index contributed by atoms with van der Waals surface area (Å²) in [5, 5.41) is 34.8. The van der Waals surface area contributed by atoms with E-state index < -0.39 is 5.60 Å². The first-order chi connectivity index (χ1) is 17.7. The predicted molar refractivity (Wildman–Crippen MR) is 142 cm³/mol. The van der Waals surface area contributed by atoms with Crippen molar-refractivity contribution >= 4 is 11.8 Å². The molecular weight excluding hydrogens is 468 g/mol. The third kappa shape index (κ3) is 7.33. The Kier molecular flexibility index (Phi) is 8.87. The van der Waals surface area contributed by atoms with Gasteiger partial charge in [0.1, 0.15) is 0 Å². The molecule has 0 aliphatic heterocycles. The fraction of sp³-hybridized carbons (Fsp3) is 0.533. The van der Waals surface area contributed by atoms with Gasteiger partial charge in [-0.1, -0.05) is 36.4 Å². The molecule has 37 heavy (non-hydrogen) atoms. The molecule has 200 valence electrons. The largest absolute Gasteiger partial charge is 0.504 e. The molecule has 2 aromatic carbocycles. The average molecular weight is 509 g/mol. The highest BCUT2D eigenvalue weighted by Gasteiger charge is 2.44. The van der Waals surface area contributed by atoms with E-state index in [9.17, 15) is 24.9 Å². The van der Waals surface area contributed by atoms with Gasteiger partial charge in [0.15, 0.2) is 11.5 Å². The molecule has 0 aromatic heterocycles. The zero-order valence-electron chi connectivity index (χ0n) is 21.7. The van der Waals surface area contributed by atoms with E-state index in [1.165, 1.54) is 36.8 Å². The summed E-state index contributed by atoms with van der Waals surface area (Å²) in [6.45, 7) is 3.23.